The van der Waals surface area contributed by atoms with E-state index in [1.54, 1.807) is 6.08 Å². The second-order valence-electron chi connectivity index (χ2n) is 9.42. The minimum absolute atomic E-state index is 0.0446. The molecule has 0 aromatic heterocycles. The molecule has 3 saturated carbocycles. The maximum absolute atomic E-state index is 12.1. The normalized spacial score (nSPS) is 41.6. The third-order valence-corrected chi connectivity index (χ3v) is 12.6. The average molecular weight is 698 g/mol. The molecule has 1 heterocycles. The summed E-state index contributed by atoms with van der Waals surface area (Å²) in [6.07, 6.45) is 13.9. The Labute approximate surface area is 234 Å². The van der Waals surface area contributed by atoms with Gasteiger partial charge in [-0.2, -0.15) is 0 Å². The monoisotopic (exact) mass is 698 g/mol. The summed E-state index contributed by atoms with van der Waals surface area (Å²) >= 11 is 5.40. The highest BCUT2D eigenvalue weighted by molar-refractivity contribution is 14.1. The maximum atomic E-state index is 12.1. The van der Waals surface area contributed by atoms with Gasteiger partial charge in [-0.3, -0.25) is 4.79 Å². The predicted octanol–water partition coefficient (Wildman–Crippen LogP) is 7.54. The number of allylic oxidation sites excluding steroid dienone is 2. The highest BCUT2D eigenvalue weighted by Gasteiger charge is 2.71. The Kier molecular flexibility index (Phi) is 10.7. The minimum atomic E-state index is -0.626. The van der Waals surface area contributed by atoms with Crippen LogP contribution in [0.3, 0.4) is 0 Å². The van der Waals surface area contributed by atoms with E-state index < -0.39 is 5.60 Å². The Bertz CT molecular complexity index is 808. The Morgan fingerprint density at radius 3 is 2.18 bits per heavy atom. The molecule has 0 saturated heterocycles. The molecular formula is C28H44I2O4. The fourth-order valence-corrected chi connectivity index (χ4v) is 11.7. The molecule has 0 aromatic rings. The lowest BCUT2D eigenvalue weighted by Crippen LogP contribution is -2.62. The molecule has 34 heavy (non-hydrogen) atoms. The van der Waals surface area contributed by atoms with Crippen molar-refractivity contribution in [1.29, 1.82) is 0 Å². The topological polar surface area (TPSA) is 63.6 Å². The molecule has 1 N–H and O–H groups in total. The number of aliphatic hydroxyl groups is 1. The van der Waals surface area contributed by atoms with Crippen LogP contribution in [0.2, 0.25) is 0 Å². The first-order chi connectivity index (χ1) is 16.3. The molecule has 5 rings (SSSR count). The number of fused-ring (bicyclic) bond motifs is 6. The molecular weight excluding hydrogens is 654 g/mol. The van der Waals surface area contributed by atoms with Gasteiger partial charge in [-0.1, -0.05) is 92.3 Å². The van der Waals surface area contributed by atoms with Crippen LogP contribution in [0.25, 0.3) is 0 Å². The number of aliphatic hydroxyl groups excluding tert-OH is 1. The summed E-state index contributed by atoms with van der Waals surface area (Å²) in [6.45, 7) is 12.1. The number of hydrogen-bond acceptors (Lipinski definition) is 4. The van der Waals surface area contributed by atoms with Gasteiger partial charge in [0.2, 0.25) is 0 Å². The summed E-state index contributed by atoms with van der Waals surface area (Å²) in [4.78, 5) is 24.1. The first kappa shape index (κ1) is 30.3. The SMILES string of the molecule is CC.CC.CC.O=C1C=C2CCCC3(I)C(CCC4(CO)C3CC[C@@]43C=CC(=O)O3)C2(I)CC1. The first-order valence-electron chi connectivity index (χ1n) is 13.4. The number of carbonyl (C=O) groups is 2. The van der Waals surface area contributed by atoms with Crippen molar-refractivity contribution >= 4 is 56.9 Å². The number of halogens is 2. The van der Waals surface area contributed by atoms with E-state index in [4.69, 9.17) is 4.74 Å². The van der Waals surface area contributed by atoms with E-state index in [0.29, 0.717) is 18.3 Å². The zero-order chi connectivity index (χ0) is 25.8. The van der Waals surface area contributed by atoms with Crippen LogP contribution in [-0.4, -0.2) is 35.9 Å². The van der Waals surface area contributed by atoms with Gasteiger partial charge in [-0.25, -0.2) is 4.79 Å². The van der Waals surface area contributed by atoms with Crippen molar-refractivity contribution in [3.63, 3.8) is 0 Å². The van der Waals surface area contributed by atoms with Crippen LogP contribution >= 0.6 is 45.2 Å². The summed E-state index contributed by atoms with van der Waals surface area (Å²) in [6, 6.07) is 0. The van der Waals surface area contributed by atoms with Crippen LogP contribution in [0.15, 0.2) is 23.8 Å². The summed E-state index contributed by atoms with van der Waals surface area (Å²) in [7, 11) is 0. The van der Waals surface area contributed by atoms with E-state index >= 15 is 0 Å². The number of rotatable bonds is 1. The molecule has 3 fully saturated rings. The van der Waals surface area contributed by atoms with E-state index in [2.05, 4.69) is 45.2 Å². The van der Waals surface area contributed by atoms with E-state index in [9.17, 15) is 14.7 Å². The second-order valence-corrected chi connectivity index (χ2v) is 13.4. The lowest BCUT2D eigenvalue weighted by atomic mass is 9.53. The smallest absolute Gasteiger partial charge is 0.331 e. The molecule has 5 aliphatic rings. The van der Waals surface area contributed by atoms with E-state index in [0.717, 1.165) is 51.4 Å². The molecule has 5 unspecified atom stereocenters. The number of alkyl halides is 2. The van der Waals surface area contributed by atoms with Crippen LogP contribution in [0, 0.1) is 17.3 Å². The Hall–Kier alpha value is 0.0400. The third kappa shape index (κ3) is 4.59. The van der Waals surface area contributed by atoms with Gasteiger partial charge in [0.25, 0.3) is 0 Å². The zero-order valence-electron chi connectivity index (χ0n) is 21.9. The lowest BCUT2D eigenvalue weighted by molar-refractivity contribution is -0.166. The molecule has 1 spiro atoms. The highest BCUT2D eigenvalue weighted by atomic mass is 127. The Morgan fingerprint density at radius 2 is 1.59 bits per heavy atom. The molecule has 4 aliphatic carbocycles. The molecule has 4 nitrogen and oxygen atoms in total. The van der Waals surface area contributed by atoms with Gasteiger partial charge in [0, 0.05) is 24.8 Å². The second kappa shape index (κ2) is 12.1. The van der Waals surface area contributed by atoms with E-state index in [-0.39, 0.29) is 30.6 Å². The maximum Gasteiger partial charge on any atom is 0.331 e. The van der Waals surface area contributed by atoms with Gasteiger partial charge in [0.1, 0.15) is 5.60 Å². The molecule has 6 atom stereocenters. The van der Waals surface area contributed by atoms with Crippen LogP contribution < -0.4 is 0 Å². The van der Waals surface area contributed by atoms with E-state index in [1.165, 1.54) is 5.57 Å². The minimum Gasteiger partial charge on any atom is -0.451 e. The fourth-order valence-electron chi connectivity index (χ4n) is 7.36. The van der Waals surface area contributed by atoms with Crippen molar-refractivity contribution in [2.75, 3.05) is 6.61 Å². The summed E-state index contributed by atoms with van der Waals surface area (Å²) < 4.78 is 6.01. The average Bonchev–Trinajstić information content (AvgIpc) is 3.38. The van der Waals surface area contributed by atoms with Crippen molar-refractivity contribution in [2.24, 2.45) is 17.3 Å². The van der Waals surface area contributed by atoms with Crippen molar-refractivity contribution in [3.05, 3.63) is 23.8 Å². The Balaban J connectivity index is 0.000000633. The van der Waals surface area contributed by atoms with Gasteiger partial charge in [0.05, 0.1) is 6.61 Å². The number of hydrogen-bond donors (Lipinski definition) is 1. The predicted molar refractivity (Wildman–Crippen MR) is 157 cm³/mol. The van der Waals surface area contributed by atoms with Crippen molar-refractivity contribution in [1.82, 2.24) is 0 Å². The first-order valence-corrected chi connectivity index (χ1v) is 15.6. The van der Waals surface area contributed by atoms with Crippen molar-refractivity contribution in [3.8, 4) is 0 Å². The number of carbonyl (C=O) groups excluding carboxylic acids is 2. The van der Waals surface area contributed by atoms with Gasteiger partial charge >= 0.3 is 5.97 Å². The number of ether oxygens (including phenoxy) is 1. The van der Waals surface area contributed by atoms with Crippen LogP contribution in [0.5, 0.6) is 0 Å². The summed E-state index contributed by atoms with van der Waals surface area (Å²) in [5.74, 6) is 0.833. The Morgan fingerprint density at radius 1 is 0.941 bits per heavy atom. The standard InChI is InChI=1S/C22H26I2O4.3C2H6/c23-21-11-3-15(26)12-14(21)2-1-7-22(24)16-5-9-20(10-6-18(27)28-20)19(16,13-25)8-4-17(21)22;3*1-2/h6,10,12,16-17,25H,1-5,7-9,11,13H2;3*1-2H3/t16?,17?,19?,20-,21?,22?;;;/m1.../s1. The highest BCUT2D eigenvalue weighted by Crippen LogP contribution is 2.71. The molecule has 6 heteroatoms. The lowest BCUT2D eigenvalue weighted by Gasteiger charge is -2.59. The number of ketones is 1. The third-order valence-electron chi connectivity index (χ3n) is 8.57. The molecule has 194 valence electrons. The van der Waals surface area contributed by atoms with Gasteiger partial charge in [0.15, 0.2) is 5.78 Å². The van der Waals surface area contributed by atoms with Gasteiger partial charge < -0.3 is 9.84 Å². The molecule has 1 aliphatic heterocycles. The quantitative estimate of drug-likeness (QED) is 0.175. The van der Waals surface area contributed by atoms with Crippen molar-refractivity contribution < 1.29 is 19.4 Å². The molecule has 0 bridgehead atoms. The molecule has 0 amide bonds. The summed E-state index contributed by atoms with van der Waals surface area (Å²) in [5, 5.41) is 10.7. The fraction of sp³-hybridized carbons (Fsp3) is 0.786. The van der Waals surface area contributed by atoms with Crippen LogP contribution in [0.1, 0.15) is 99.3 Å². The van der Waals surface area contributed by atoms with E-state index in [1.807, 2.05) is 53.7 Å². The zero-order valence-corrected chi connectivity index (χ0v) is 26.2. The molecule has 0 radical (unpaired) electrons. The van der Waals surface area contributed by atoms with Gasteiger partial charge in [-0.15, -0.1) is 0 Å². The van der Waals surface area contributed by atoms with Crippen LogP contribution in [0.4, 0.5) is 0 Å². The largest absolute Gasteiger partial charge is 0.451 e. The summed E-state index contributed by atoms with van der Waals surface area (Å²) in [5.41, 5.74) is 0.349. The number of esters is 1. The molecule has 0 aromatic carbocycles. The van der Waals surface area contributed by atoms with Crippen molar-refractivity contribution in [2.45, 2.75) is 112 Å². The van der Waals surface area contributed by atoms with Crippen LogP contribution in [-0.2, 0) is 14.3 Å². The van der Waals surface area contributed by atoms with Gasteiger partial charge in [-0.05, 0) is 75.4 Å².